The third-order valence-electron chi connectivity index (χ3n) is 7.02. The van der Waals surface area contributed by atoms with Gasteiger partial charge in [-0.1, -0.05) is 43.0 Å². The largest absolute Gasteiger partial charge is 0.497 e. The van der Waals surface area contributed by atoms with E-state index in [0.29, 0.717) is 27.8 Å². The number of benzene rings is 1. The molecule has 3 heterocycles. The van der Waals surface area contributed by atoms with Crippen LogP contribution in [0.3, 0.4) is 0 Å². The highest BCUT2D eigenvalue weighted by molar-refractivity contribution is 8.26. The third kappa shape index (κ3) is 5.44. The molecule has 2 fully saturated rings. The van der Waals surface area contributed by atoms with Gasteiger partial charge in [-0.2, -0.15) is 5.26 Å². The van der Waals surface area contributed by atoms with Crippen LogP contribution in [-0.4, -0.2) is 71.0 Å². The van der Waals surface area contributed by atoms with Gasteiger partial charge in [-0.15, -0.1) is 0 Å². The van der Waals surface area contributed by atoms with Gasteiger partial charge >= 0.3 is 0 Å². The fraction of sp³-hybridized carbons (Fsp3) is 0.407. The topological polar surface area (TPSA) is 81.8 Å². The molecular formula is C27H31N5O3S2. The number of carbonyl (C=O) groups is 1. The molecule has 0 atom stereocenters. The van der Waals surface area contributed by atoms with Crippen molar-refractivity contribution >= 4 is 46.1 Å². The van der Waals surface area contributed by atoms with Crippen molar-refractivity contribution in [3.05, 3.63) is 61.8 Å². The summed E-state index contributed by atoms with van der Waals surface area (Å²) in [5.74, 6) is 1.37. The van der Waals surface area contributed by atoms with Gasteiger partial charge in [-0.25, -0.2) is 0 Å². The number of thioether (sulfide) groups is 1. The highest BCUT2D eigenvalue weighted by atomic mass is 32.2. The van der Waals surface area contributed by atoms with Gasteiger partial charge in [0.05, 0.1) is 12.0 Å². The second-order valence-corrected chi connectivity index (χ2v) is 10.7. The molecule has 4 rings (SSSR count). The molecule has 2 aliphatic rings. The molecule has 0 aliphatic carbocycles. The molecule has 2 aliphatic heterocycles. The lowest BCUT2D eigenvalue weighted by atomic mass is 10.0. The quantitative estimate of drug-likeness (QED) is 0.394. The van der Waals surface area contributed by atoms with Crippen LogP contribution in [0, 0.1) is 18.3 Å². The van der Waals surface area contributed by atoms with E-state index < -0.39 is 0 Å². The number of nitriles is 1. The number of likely N-dealkylation sites (N-methyl/N-ethyl adjacent to an activating group) is 1. The maximum atomic E-state index is 13.4. The van der Waals surface area contributed by atoms with Crippen LogP contribution in [0.25, 0.3) is 6.08 Å². The fourth-order valence-corrected chi connectivity index (χ4v) is 6.02. The molecule has 37 heavy (non-hydrogen) atoms. The van der Waals surface area contributed by atoms with Gasteiger partial charge in [-0.05, 0) is 49.2 Å². The molecule has 1 aromatic carbocycles. The van der Waals surface area contributed by atoms with Gasteiger partial charge in [0.1, 0.15) is 27.5 Å². The minimum atomic E-state index is -0.322. The van der Waals surface area contributed by atoms with Crippen LogP contribution in [-0.2, 0) is 18.3 Å². The van der Waals surface area contributed by atoms with Crippen LogP contribution >= 0.6 is 24.0 Å². The van der Waals surface area contributed by atoms with Crippen molar-refractivity contribution in [2.75, 3.05) is 51.3 Å². The number of methoxy groups -OCH3 is 1. The van der Waals surface area contributed by atoms with Gasteiger partial charge in [-0.3, -0.25) is 19.1 Å². The summed E-state index contributed by atoms with van der Waals surface area (Å²) in [6.45, 7) is 8.65. The van der Waals surface area contributed by atoms with Gasteiger partial charge in [0.25, 0.3) is 11.5 Å². The molecule has 0 spiro atoms. The number of hydrogen-bond acceptors (Lipinski definition) is 8. The second-order valence-electron chi connectivity index (χ2n) is 9.07. The second kappa shape index (κ2) is 11.5. The summed E-state index contributed by atoms with van der Waals surface area (Å²) in [6, 6.07) is 9.82. The monoisotopic (exact) mass is 537 g/mol. The number of aromatic nitrogens is 1. The SMILES string of the molecule is CCN1CCN(c2c(C=C3SC(=S)N(CCc4ccc(OC)cc4)C3=O)c(C)c(C#N)c(=O)n2C)CC1. The molecule has 1 amide bonds. The van der Waals surface area contributed by atoms with E-state index in [2.05, 4.69) is 22.8 Å². The van der Waals surface area contributed by atoms with Crippen LogP contribution in [0.4, 0.5) is 5.82 Å². The maximum Gasteiger partial charge on any atom is 0.270 e. The molecule has 194 valence electrons. The summed E-state index contributed by atoms with van der Waals surface area (Å²) in [4.78, 5) is 33.1. The number of nitrogens with zero attached hydrogens (tertiary/aromatic N) is 5. The van der Waals surface area contributed by atoms with Crippen molar-refractivity contribution in [2.24, 2.45) is 7.05 Å². The van der Waals surface area contributed by atoms with Crippen LogP contribution in [0.2, 0.25) is 0 Å². The average Bonchev–Trinajstić information content (AvgIpc) is 3.18. The molecule has 0 bridgehead atoms. The first-order valence-corrected chi connectivity index (χ1v) is 13.5. The molecule has 0 saturated carbocycles. The number of hydrogen-bond donors (Lipinski definition) is 0. The van der Waals surface area contributed by atoms with E-state index in [1.54, 1.807) is 30.5 Å². The number of anilines is 1. The molecule has 0 radical (unpaired) electrons. The van der Waals surface area contributed by atoms with E-state index in [4.69, 9.17) is 17.0 Å². The maximum absolute atomic E-state index is 13.4. The molecular weight excluding hydrogens is 506 g/mol. The van der Waals surface area contributed by atoms with E-state index in [1.807, 2.05) is 30.3 Å². The Balaban J connectivity index is 1.65. The van der Waals surface area contributed by atoms with Gasteiger partial charge < -0.3 is 14.5 Å². The van der Waals surface area contributed by atoms with Gasteiger partial charge in [0.15, 0.2) is 0 Å². The van der Waals surface area contributed by atoms with E-state index in [0.717, 1.165) is 55.4 Å². The van der Waals surface area contributed by atoms with Crippen molar-refractivity contribution in [1.29, 1.82) is 5.26 Å². The molecule has 1 aromatic heterocycles. The van der Waals surface area contributed by atoms with E-state index in [9.17, 15) is 14.9 Å². The van der Waals surface area contributed by atoms with Crippen LogP contribution in [0.1, 0.15) is 29.2 Å². The first-order chi connectivity index (χ1) is 17.8. The van der Waals surface area contributed by atoms with Crippen molar-refractivity contribution in [3.63, 3.8) is 0 Å². The predicted octanol–water partition coefficient (Wildman–Crippen LogP) is 3.16. The number of piperazine rings is 1. The summed E-state index contributed by atoms with van der Waals surface area (Å²) >= 11 is 6.82. The first-order valence-electron chi connectivity index (χ1n) is 12.3. The molecule has 8 nitrogen and oxygen atoms in total. The zero-order chi connectivity index (χ0) is 26.7. The summed E-state index contributed by atoms with van der Waals surface area (Å²) in [5.41, 5.74) is 2.16. The number of ether oxygens (including phenoxy) is 1. The number of thiocarbonyl (C=S) groups is 1. The summed E-state index contributed by atoms with van der Waals surface area (Å²) < 4.78 is 7.27. The number of carbonyl (C=O) groups excluding carboxylic acids is 1. The summed E-state index contributed by atoms with van der Waals surface area (Å²) in [7, 11) is 3.32. The van der Waals surface area contributed by atoms with Crippen LogP contribution < -0.4 is 15.2 Å². The third-order valence-corrected chi connectivity index (χ3v) is 8.40. The van der Waals surface area contributed by atoms with Crippen molar-refractivity contribution in [2.45, 2.75) is 20.3 Å². The molecule has 2 saturated heterocycles. The Labute approximate surface area is 227 Å². The van der Waals surface area contributed by atoms with Crippen LogP contribution in [0.5, 0.6) is 5.75 Å². The normalized spacial score (nSPS) is 17.5. The molecule has 10 heteroatoms. The van der Waals surface area contributed by atoms with Crippen molar-refractivity contribution in [3.8, 4) is 11.8 Å². The summed E-state index contributed by atoms with van der Waals surface area (Å²) in [6.07, 6.45) is 2.47. The Morgan fingerprint density at radius 1 is 1.16 bits per heavy atom. The number of pyridine rings is 1. The van der Waals surface area contributed by atoms with E-state index in [1.165, 1.54) is 11.8 Å². The van der Waals surface area contributed by atoms with E-state index in [-0.39, 0.29) is 17.0 Å². The predicted molar refractivity (Wildman–Crippen MR) is 152 cm³/mol. The minimum absolute atomic E-state index is 0.0969. The minimum Gasteiger partial charge on any atom is -0.497 e. The Kier molecular flexibility index (Phi) is 8.37. The highest BCUT2D eigenvalue weighted by Gasteiger charge is 2.33. The highest BCUT2D eigenvalue weighted by Crippen LogP contribution is 2.36. The average molecular weight is 538 g/mol. The van der Waals surface area contributed by atoms with E-state index >= 15 is 0 Å². The number of amides is 1. The lowest BCUT2D eigenvalue weighted by Crippen LogP contribution is -2.48. The Morgan fingerprint density at radius 3 is 2.43 bits per heavy atom. The summed E-state index contributed by atoms with van der Waals surface area (Å²) in [5, 5.41) is 9.71. The zero-order valence-electron chi connectivity index (χ0n) is 21.6. The van der Waals surface area contributed by atoms with Crippen molar-refractivity contribution < 1.29 is 9.53 Å². The van der Waals surface area contributed by atoms with Crippen molar-refractivity contribution in [1.82, 2.24) is 14.4 Å². The molecule has 0 N–H and O–H groups in total. The van der Waals surface area contributed by atoms with Gasteiger partial charge in [0.2, 0.25) is 0 Å². The Bertz CT molecular complexity index is 1340. The molecule has 0 unspecified atom stereocenters. The lowest BCUT2D eigenvalue weighted by Gasteiger charge is -2.37. The molecule has 2 aromatic rings. The standard InChI is InChI=1S/C27H31N5O3S2/c1-5-30-12-14-31(15-13-30)24-21(18(2)22(17-28)25(33)29(24)3)16-23-26(34)32(27(36)37-23)11-10-19-6-8-20(35-4)9-7-19/h6-9,16H,5,10-15H2,1-4H3. The number of rotatable bonds is 7. The lowest BCUT2D eigenvalue weighted by molar-refractivity contribution is -0.122. The Hall–Kier alpha value is -3.13. The smallest absolute Gasteiger partial charge is 0.270 e. The van der Waals surface area contributed by atoms with Gasteiger partial charge in [0, 0.05) is 45.3 Å². The zero-order valence-corrected chi connectivity index (χ0v) is 23.2. The fourth-order valence-electron chi connectivity index (χ4n) is 4.73. The Morgan fingerprint density at radius 2 is 1.84 bits per heavy atom. The first kappa shape index (κ1) is 26.9. The van der Waals surface area contributed by atoms with Crippen LogP contribution in [0.15, 0.2) is 34.0 Å².